The second kappa shape index (κ2) is 7.71. The zero-order valence-corrected chi connectivity index (χ0v) is 12.0. The van der Waals surface area contributed by atoms with E-state index in [0.717, 1.165) is 25.0 Å². The van der Waals surface area contributed by atoms with Crippen LogP contribution in [0.5, 0.6) is 5.75 Å². The molecule has 0 heterocycles. The van der Waals surface area contributed by atoms with Gasteiger partial charge in [-0.3, -0.25) is 0 Å². The van der Waals surface area contributed by atoms with Crippen molar-refractivity contribution >= 4 is 0 Å². The molecule has 0 saturated carbocycles. The van der Waals surface area contributed by atoms with Gasteiger partial charge in [-0.1, -0.05) is 42.5 Å². The first kappa shape index (κ1) is 14.6. The predicted molar refractivity (Wildman–Crippen MR) is 83.8 cm³/mol. The van der Waals surface area contributed by atoms with Gasteiger partial charge in [-0.2, -0.15) is 0 Å². The number of rotatable bonds is 7. The summed E-state index contributed by atoms with van der Waals surface area (Å²) in [5.41, 5.74) is 8.40. The Morgan fingerprint density at radius 3 is 2.05 bits per heavy atom. The SMILES string of the molecule is COc1ccc(C[C](CCN)Cc2ccccc2)cc1. The first-order valence-electron chi connectivity index (χ1n) is 7.02. The van der Waals surface area contributed by atoms with Crippen molar-refractivity contribution in [3.63, 3.8) is 0 Å². The average Bonchev–Trinajstić information content (AvgIpc) is 2.49. The van der Waals surface area contributed by atoms with Crippen LogP contribution in [-0.2, 0) is 12.8 Å². The van der Waals surface area contributed by atoms with Crippen molar-refractivity contribution in [1.82, 2.24) is 0 Å². The Balaban J connectivity index is 2.00. The van der Waals surface area contributed by atoms with Gasteiger partial charge in [0.25, 0.3) is 0 Å². The maximum atomic E-state index is 5.74. The van der Waals surface area contributed by atoms with Gasteiger partial charge in [0.2, 0.25) is 0 Å². The minimum Gasteiger partial charge on any atom is -0.497 e. The number of benzene rings is 2. The Morgan fingerprint density at radius 1 is 0.900 bits per heavy atom. The molecule has 0 aliphatic rings. The molecule has 2 nitrogen and oxygen atoms in total. The normalized spacial score (nSPS) is 10.8. The lowest BCUT2D eigenvalue weighted by Gasteiger charge is -2.16. The average molecular weight is 268 g/mol. The van der Waals surface area contributed by atoms with Crippen LogP contribution < -0.4 is 10.5 Å². The largest absolute Gasteiger partial charge is 0.497 e. The Kier molecular flexibility index (Phi) is 5.63. The number of ether oxygens (including phenoxy) is 1. The molecule has 0 aromatic heterocycles. The highest BCUT2D eigenvalue weighted by molar-refractivity contribution is 5.30. The zero-order valence-electron chi connectivity index (χ0n) is 12.0. The summed E-state index contributed by atoms with van der Waals surface area (Å²) in [7, 11) is 1.69. The van der Waals surface area contributed by atoms with E-state index in [2.05, 4.69) is 42.5 Å². The molecule has 0 fully saturated rings. The Bertz CT molecular complexity index is 493. The van der Waals surface area contributed by atoms with E-state index in [1.165, 1.54) is 17.0 Å². The summed E-state index contributed by atoms with van der Waals surface area (Å²) in [4.78, 5) is 0. The summed E-state index contributed by atoms with van der Waals surface area (Å²) in [6.45, 7) is 0.707. The van der Waals surface area contributed by atoms with Gasteiger partial charge in [0.15, 0.2) is 0 Å². The Morgan fingerprint density at radius 2 is 1.50 bits per heavy atom. The van der Waals surface area contributed by atoms with E-state index < -0.39 is 0 Å². The van der Waals surface area contributed by atoms with Crippen LogP contribution in [0.25, 0.3) is 0 Å². The van der Waals surface area contributed by atoms with E-state index in [9.17, 15) is 0 Å². The lowest BCUT2D eigenvalue weighted by atomic mass is 9.90. The van der Waals surface area contributed by atoms with Gasteiger partial charge in [0, 0.05) is 0 Å². The molecule has 1 radical (unpaired) electrons. The quantitative estimate of drug-likeness (QED) is 0.835. The molecule has 0 saturated heterocycles. The summed E-state index contributed by atoms with van der Waals surface area (Å²) in [6, 6.07) is 18.8. The lowest BCUT2D eigenvalue weighted by Crippen LogP contribution is -2.12. The molecule has 0 spiro atoms. The van der Waals surface area contributed by atoms with Crippen LogP contribution in [0.1, 0.15) is 17.5 Å². The van der Waals surface area contributed by atoms with Crippen LogP contribution in [-0.4, -0.2) is 13.7 Å². The third-order valence-corrected chi connectivity index (χ3v) is 3.41. The molecule has 2 heteroatoms. The minimum atomic E-state index is 0.707. The molecule has 0 aliphatic heterocycles. The van der Waals surface area contributed by atoms with Crippen molar-refractivity contribution in [3.05, 3.63) is 71.6 Å². The summed E-state index contributed by atoms with van der Waals surface area (Å²) < 4.78 is 5.19. The molecule has 0 atom stereocenters. The first-order chi connectivity index (χ1) is 9.81. The first-order valence-corrected chi connectivity index (χ1v) is 7.02. The summed E-state index contributed by atoms with van der Waals surface area (Å²) in [5, 5.41) is 0. The number of hydrogen-bond donors (Lipinski definition) is 1. The fraction of sp³-hybridized carbons (Fsp3) is 0.278. The van der Waals surface area contributed by atoms with Gasteiger partial charge in [-0.05, 0) is 55.0 Å². The smallest absolute Gasteiger partial charge is 0.118 e. The fourth-order valence-electron chi connectivity index (χ4n) is 2.36. The second-order valence-electron chi connectivity index (χ2n) is 4.98. The lowest BCUT2D eigenvalue weighted by molar-refractivity contribution is 0.414. The van der Waals surface area contributed by atoms with Crippen molar-refractivity contribution < 1.29 is 4.74 Å². The highest BCUT2D eigenvalue weighted by atomic mass is 16.5. The highest BCUT2D eigenvalue weighted by Gasteiger charge is 2.11. The minimum absolute atomic E-state index is 0.707. The van der Waals surface area contributed by atoms with E-state index in [0.29, 0.717) is 6.54 Å². The number of nitrogens with two attached hydrogens (primary N) is 1. The van der Waals surface area contributed by atoms with Crippen LogP contribution in [0.4, 0.5) is 0 Å². The van der Waals surface area contributed by atoms with Gasteiger partial charge in [0.1, 0.15) is 5.75 Å². The van der Waals surface area contributed by atoms with E-state index in [4.69, 9.17) is 10.5 Å². The predicted octanol–water partition coefficient (Wildman–Crippen LogP) is 3.40. The zero-order chi connectivity index (χ0) is 14.2. The molecule has 0 aliphatic carbocycles. The molecule has 105 valence electrons. The molecule has 2 rings (SSSR count). The van der Waals surface area contributed by atoms with Gasteiger partial charge in [0.05, 0.1) is 7.11 Å². The third kappa shape index (κ3) is 4.39. The van der Waals surface area contributed by atoms with Crippen molar-refractivity contribution in [2.45, 2.75) is 19.3 Å². The molecular formula is C18H22NO. The van der Waals surface area contributed by atoms with Gasteiger partial charge >= 0.3 is 0 Å². The van der Waals surface area contributed by atoms with Crippen molar-refractivity contribution in [2.24, 2.45) is 5.73 Å². The van der Waals surface area contributed by atoms with E-state index in [1.54, 1.807) is 7.11 Å². The Labute approximate surface area is 121 Å². The van der Waals surface area contributed by atoms with Crippen molar-refractivity contribution in [2.75, 3.05) is 13.7 Å². The molecule has 20 heavy (non-hydrogen) atoms. The van der Waals surface area contributed by atoms with Crippen molar-refractivity contribution in [1.29, 1.82) is 0 Å². The van der Waals surface area contributed by atoms with Crippen LogP contribution in [0.3, 0.4) is 0 Å². The maximum Gasteiger partial charge on any atom is 0.118 e. The number of methoxy groups -OCH3 is 1. The second-order valence-corrected chi connectivity index (χ2v) is 4.98. The van der Waals surface area contributed by atoms with Gasteiger partial charge in [-0.15, -0.1) is 0 Å². The monoisotopic (exact) mass is 268 g/mol. The fourth-order valence-corrected chi connectivity index (χ4v) is 2.36. The topological polar surface area (TPSA) is 35.2 Å². The summed E-state index contributed by atoms with van der Waals surface area (Å²) in [5.74, 6) is 2.38. The van der Waals surface area contributed by atoms with Crippen molar-refractivity contribution in [3.8, 4) is 5.75 Å². The molecule has 0 amide bonds. The molecule has 0 bridgehead atoms. The molecule has 2 N–H and O–H groups in total. The standard InChI is InChI=1S/C18H22NO/c1-20-18-9-7-16(8-10-18)14-17(11-12-19)13-15-5-3-2-4-6-15/h2-10H,11-14,19H2,1H3. The van der Waals surface area contributed by atoms with Gasteiger partial charge < -0.3 is 10.5 Å². The number of hydrogen-bond acceptors (Lipinski definition) is 2. The summed E-state index contributed by atoms with van der Waals surface area (Å²) in [6.07, 6.45) is 2.96. The highest BCUT2D eigenvalue weighted by Crippen LogP contribution is 2.21. The molecule has 2 aromatic carbocycles. The third-order valence-electron chi connectivity index (χ3n) is 3.41. The maximum absolute atomic E-state index is 5.74. The van der Waals surface area contributed by atoms with Gasteiger partial charge in [-0.25, -0.2) is 0 Å². The van der Waals surface area contributed by atoms with Crippen LogP contribution in [0.15, 0.2) is 54.6 Å². The van der Waals surface area contributed by atoms with Crippen LogP contribution in [0.2, 0.25) is 0 Å². The summed E-state index contributed by atoms with van der Waals surface area (Å²) >= 11 is 0. The molecule has 0 unspecified atom stereocenters. The molecular weight excluding hydrogens is 246 g/mol. The van der Waals surface area contributed by atoms with Crippen LogP contribution >= 0.6 is 0 Å². The molecule has 2 aromatic rings. The van der Waals surface area contributed by atoms with E-state index >= 15 is 0 Å². The van der Waals surface area contributed by atoms with E-state index in [-0.39, 0.29) is 0 Å². The van der Waals surface area contributed by atoms with E-state index in [1.807, 2.05) is 12.1 Å². The Hall–Kier alpha value is -1.80. The van der Waals surface area contributed by atoms with Crippen LogP contribution in [0, 0.1) is 5.92 Å².